The van der Waals surface area contributed by atoms with E-state index in [0.717, 1.165) is 17.2 Å². The number of benzene rings is 3. The zero-order valence-electron chi connectivity index (χ0n) is 27.1. The Bertz CT molecular complexity index is 1970. The van der Waals surface area contributed by atoms with E-state index in [0.29, 0.717) is 29.5 Å². The molecule has 1 aromatic heterocycles. The lowest BCUT2D eigenvalue weighted by molar-refractivity contribution is -0.192. The first kappa shape index (κ1) is 39.0. The van der Waals surface area contributed by atoms with Gasteiger partial charge in [-0.25, -0.2) is 22.6 Å². The molecule has 2 amide bonds. The number of carboxylic acid groups (broad SMARTS) is 1. The summed E-state index contributed by atoms with van der Waals surface area (Å²) in [5, 5.41) is 17.1. The zero-order valence-corrected chi connectivity index (χ0v) is 27.9. The number of pyridine rings is 1. The summed E-state index contributed by atoms with van der Waals surface area (Å²) in [6, 6.07) is 14.3. The molecular formula is C33H35F4N5O7S. The number of rotatable bonds is 12. The molecule has 17 heteroatoms. The number of ether oxygens (including phenoxy) is 1. The molecule has 0 saturated heterocycles. The van der Waals surface area contributed by atoms with Crippen LogP contribution in [0.5, 0.6) is 5.75 Å². The van der Waals surface area contributed by atoms with Crippen molar-refractivity contribution in [3.8, 4) is 5.75 Å². The highest BCUT2D eigenvalue weighted by Crippen LogP contribution is 2.30. The molecule has 0 saturated carbocycles. The van der Waals surface area contributed by atoms with Crippen LogP contribution in [-0.2, 0) is 30.8 Å². The molecule has 12 nitrogen and oxygen atoms in total. The van der Waals surface area contributed by atoms with E-state index in [1.54, 1.807) is 30.5 Å². The van der Waals surface area contributed by atoms with Crippen molar-refractivity contribution in [1.29, 1.82) is 0 Å². The smallest absolute Gasteiger partial charge is 0.490 e. The molecule has 0 aliphatic carbocycles. The van der Waals surface area contributed by atoms with Crippen LogP contribution >= 0.6 is 0 Å². The Labute approximate surface area is 285 Å². The van der Waals surface area contributed by atoms with Crippen molar-refractivity contribution >= 4 is 55.6 Å². The lowest BCUT2D eigenvalue weighted by Crippen LogP contribution is -2.34. The number of carbonyl (C=O) groups excluding carboxylic acids is 2. The van der Waals surface area contributed by atoms with Crippen LogP contribution in [0.3, 0.4) is 0 Å². The third-order valence-corrected chi connectivity index (χ3v) is 8.74. The molecule has 0 aliphatic rings. The second kappa shape index (κ2) is 16.8. The van der Waals surface area contributed by atoms with Gasteiger partial charge in [-0.1, -0.05) is 13.8 Å². The van der Waals surface area contributed by atoms with Crippen LogP contribution < -0.4 is 26.4 Å². The van der Waals surface area contributed by atoms with E-state index in [1.165, 1.54) is 50.2 Å². The number of nitrogens with two attached hydrogens (primary N) is 1. The normalized spacial score (nSPS) is 11.9. The summed E-state index contributed by atoms with van der Waals surface area (Å²) in [4.78, 5) is 38.4. The van der Waals surface area contributed by atoms with E-state index < -0.39 is 39.7 Å². The number of alkyl halides is 3. The van der Waals surface area contributed by atoms with Gasteiger partial charge in [-0.2, -0.15) is 13.2 Å². The summed E-state index contributed by atoms with van der Waals surface area (Å²) in [6.07, 6.45) is -2.78. The predicted molar refractivity (Wildman–Crippen MR) is 179 cm³/mol. The summed E-state index contributed by atoms with van der Waals surface area (Å²) in [5.41, 5.74) is 7.18. The van der Waals surface area contributed by atoms with Crippen LogP contribution in [0.4, 0.5) is 34.8 Å². The van der Waals surface area contributed by atoms with E-state index >= 15 is 4.39 Å². The zero-order chi connectivity index (χ0) is 37.2. The van der Waals surface area contributed by atoms with Gasteiger partial charge in [0.2, 0.25) is 11.8 Å². The Balaban J connectivity index is 0.000000872. The number of hydrogen-bond acceptors (Lipinski definition) is 9. The molecule has 0 aliphatic heterocycles. The average molecular weight is 722 g/mol. The molecule has 1 heterocycles. The number of nitrogens with zero attached hydrogens (tertiary/aromatic N) is 1. The van der Waals surface area contributed by atoms with Gasteiger partial charge in [0.1, 0.15) is 23.4 Å². The van der Waals surface area contributed by atoms with Gasteiger partial charge in [0, 0.05) is 42.0 Å². The maximum Gasteiger partial charge on any atom is 0.490 e. The van der Waals surface area contributed by atoms with Gasteiger partial charge in [0.05, 0.1) is 17.3 Å². The SMILES string of the molecule is CCCOc1ccc(F)c(C(Nc2ccc3c(N)nccc3c2)C(=O)NCc2cc(NC(C)=O)ccc2S(=O)(=O)CC)c1.O=C(O)C(F)(F)F. The number of nitrogens with one attached hydrogen (secondary N) is 3. The van der Waals surface area contributed by atoms with E-state index in [1.807, 2.05) is 6.92 Å². The van der Waals surface area contributed by atoms with Crippen molar-refractivity contribution in [2.45, 2.75) is 50.9 Å². The first-order chi connectivity index (χ1) is 23.5. The fourth-order valence-corrected chi connectivity index (χ4v) is 5.65. The number of nitrogen functional groups attached to an aromatic ring is 1. The van der Waals surface area contributed by atoms with E-state index in [9.17, 15) is 31.2 Å². The number of hydrogen-bond donors (Lipinski definition) is 5. The van der Waals surface area contributed by atoms with Gasteiger partial charge in [0.25, 0.3) is 0 Å². The number of fused-ring (bicyclic) bond motifs is 1. The number of aliphatic carboxylic acids is 1. The lowest BCUT2D eigenvalue weighted by Gasteiger charge is -2.22. The van der Waals surface area contributed by atoms with Crippen LogP contribution in [0.2, 0.25) is 0 Å². The van der Waals surface area contributed by atoms with Gasteiger partial charge < -0.3 is 31.5 Å². The van der Waals surface area contributed by atoms with E-state index in [4.69, 9.17) is 20.4 Å². The van der Waals surface area contributed by atoms with E-state index in [-0.39, 0.29) is 34.2 Å². The molecule has 3 aromatic carbocycles. The Hall–Kier alpha value is -5.45. The van der Waals surface area contributed by atoms with Crippen molar-refractivity contribution in [2.75, 3.05) is 28.7 Å². The number of aromatic nitrogens is 1. The second-order valence-corrected chi connectivity index (χ2v) is 12.9. The number of halogens is 4. The van der Waals surface area contributed by atoms with Gasteiger partial charge >= 0.3 is 12.1 Å². The monoisotopic (exact) mass is 721 g/mol. The topological polar surface area (TPSA) is 190 Å². The fraction of sp³-hybridized carbons (Fsp3) is 0.273. The summed E-state index contributed by atoms with van der Waals surface area (Å²) >= 11 is 0. The van der Waals surface area contributed by atoms with Crippen molar-refractivity contribution in [2.24, 2.45) is 0 Å². The third-order valence-electron chi connectivity index (χ3n) is 6.91. The highest BCUT2D eigenvalue weighted by molar-refractivity contribution is 7.91. The first-order valence-electron chi connectivity index (χ1n) is 15.0. The van der Waals surface area contributed by atoms with Crippen LogP contribution in [-0.4, -0.2) is 54.8 Å². The summed E-state index contributed by atoms with van der Waals surface area (Å²) < 4.78 is 78.3. The first-order valence-corrected chi connectivity index (χ1v) is 16.7. The van der Waals surface area contributed by atoms with Crippen molar-refractivity contribution in [1.82, 2.24) is 10.3 Å². The molecule has 268 valence electrons. The largest absolute Gasteiger partial charge is 0.494 e. The minimum atomic E-state index is -5.08. The quantitative estimate of drug-likeness (QED) is 0.115. The Morgan fingerprint density at radius 3 is 2.30 bits per heavy atom. The van der Waals surface area contributed by atoms with Crippen LogP contribution in [0.25, 0.3) is 10.8 Å². The van der Waals surface area contributed by atoms with Crippen LogP contribution in [0, 0.1) is 5.82 Å². The van der Waals surface area contributed by atoms with Gasteiger partial charge in [-0.05, 0) is 78.0 Å². The molecule has 0 radical (unpaired) electrons. The molecule has 50 heavy (non-hydrogen) atoms. The molecule has 0 bridgehead atoms. The number of amides is 2. The molecule has 0 spiro atoms. The van der Waals surface area contributed by atoms with Crippen molar-refractivity contribution in [3.63, 3.8) is 0 Å². The molecule has 1 unspecified atom stereocenters. The second-order valence-electron chi connectivity index (χ2n) is 10.7. The van der Waals surface area contributed by atoms with Gasteiger partial charge in [-0.3, -0.25) is 9.59 Å². The minimum absolute atomic E-state index is 0.0239. The van der Waals surface area contributed by atoms with E-state index in [2.05, 4.69) is 20.9 Å². The van der Waals surface area contributed by atoms with Crippen molar-refractivity contribution < 1.29 is 50.2 Å². The average Bonchev–Trinajstić information content (AvgIpc) is 3.05. The van der Waals surface area contributed by atoms with Crippen molar-refractivity contribution in [3.05, 3.63) is 83.8 Å². The number of carboxylic acids is 1. The fourth-order valence-electron chi connectivity index (χ4n) is 4.54. The standard InChI is InChI=1S/C31H34FN5O5S.C2HF3O2/c1-4-14-42-24-8-10-27(32)26(17-24)29(37-23-6-9-25-20(15-23)12-13-34-30(25)33)31(39)35-18-21-16-22(36-19(3)38)7-11-28(21)43(40,41)5-2;3-2(4,5)1(6)7/h6-13,15-17,29,37H,4-5,14,18H2,1-3H3,(H2,33,34)(H,35,39)(H,36,38);(H,6,7). The Kier molecular flexibility index (Phi) is 13.1. The highest BCUT2D eigenvalue weighted by atomic mass is 32.2. The minimum Gasteiger partial charge on any atom is -0.494 e. The maximum atomic E-state index is 15.3. The number of carbonyl (C=O) groups is 3. The van der Waals surface area contributed by atoms with Gasteiger partial charge in [-0.15, -0.1) is 0 Å². The summed E-state index contributed by atoms with van der Waals surface area (Å²) in [7, 11) is -3.66. The lowest BCUT2D eigenvalue weighted by atomic mass is 10.0. The highest BCUT2D eigenvalue weighted by Gasteiger charge is 2.38. The summed E-state index contributed by atoms with van der Waals surface area (Å²) in [5.74, 6) is -3.75. The number of anilines is 3. The molecule has 4 rings (SSSR count). The third kappa shape index (κ3) is 10.5. The Morgan fingerprint density at radius 2 is 1.68 bits per heavy atom. The van der Waals surface area contributed by atoms with Crippen LogP contribution in [0.15, 0.2) is 71.8 Å². The molecule has 1 atom stereocenters. The summed E-state index contributed by atoms with van der Waals surface area (Å²) in [6.45, 7) is 5.00. The Morgan fingerprint density at radius 1 is 1.00 bits per heavy atom. The molecule has 0 fully saturated rings. The molecule has 6 N–H and O–H groups in total. The van der Waals surface area contributed by atoms with Gasteiger partial charge in [0.15, 0.2) is 9.84 Å². The maximum absolute atomic E-state index is 15.3. The van der Waals surface area contributed by atoms with Crippen LogP contribution in [0.1, 0.15) is 44.4 Å². The predicted octanol–water partition coefficient (Wildman–Crippen LogP) is 5.60. The molecular weight excluding hydrogens is 686 g/mol. The molecule has 4 aromatic rings. The number of sulfone groups is 1.